The van der Waals surface area contributed by atoms with Gasteiger partial charge in [-0.15, -0.1) is 0 Å². The molecule has 9 atom stereocenters. The van der Waals surface area contributed by atoms with Crippen LogP contribution in [-0.2, 0) is 42.9 Å². The van der Waals surface area contributed by atoms with Crippen molar-refractivity contribution in [1.82, 2.24) is 0 Å². The van der Waals surface area contributed by atoms with Crippen LogP contribution in [0.2, 0.25) is 0 Å². The summed E-state index contributed by atoms with van der Waals surface area (Å²) in [6, 6.07) is 0. The summed E-state index contributed by atoms with van der Waals surface area (Å²) in [5.41, 5.74) is -1.79. The minimum atomic E-state index is -0.901. The molecule has 0 radical (unpaired) electrons. The van der Waals surface area contributed by atoms with Crippen molar-refractivity contribution in [1.29, 1.82) is 0 Å². The van der Waals surface area contributed by atoms with E-state index in [1.165, 1.54) is 27.7 Å². The van der Waals surface area contributed by atoms with Crippen LogP contribution in [0.15, 0.2) is 12.2 Å². The quantitative estimate of drug-likeness (QED) is 0.313. The molecule has 0 aromatic carbocycles. The maximum absolute atomic E-state index is 14.2. The number of ether oxygens (including phenoxy) is 4. The lowest BCUT2D eigenvalue weighted by Gasteiger charge is -2.66. The molecular formula is C28H38O9. The van der Waals surface area contributed by atoms with Gasteiger partial charge in [-0.3, -0.25) is 24.0 Å². The van der Waals surface area contributed by atoms with Crippen molar-refractivity contribution in [3.8, 4) is 0 Å². The van der Waals surface area contributed by atoms with E-state index < -0.39 is 70.5 Å². The van der Waals surface area contributed by atoms with Crippen LogP contribution in [0.1, 0.15) is 74.1 Å². The Morgan fingerprint density at radius 3 is 1.89 bits per heavy atom. The van der Waals surface area contributed by atoms with E-state index in [2.05, 4.69) is 6.58 Å². The molecule has 0 N–H and O–H groups in total. The number of esters is 4. The standard InChI is InChI=1S/C28H38O9/c1-13-18-9-20(34-14(2)29)23-27(8)12-21(35-15(3)30)25(37-17(5)32)26(6,7)22(27)19(33)11-28(23,10-18)24(13)36-16(4)31/h18,20-25H,1,9-12H2,2-8H3/t18-,20+,21+,22-,23+,24+,25+,27-,28+/m1/s1. The zero-order chi connectivity index (χ0) is 27.7. The second-order valence-corrected chi connectivity index (χ2v) is 12.3. The Morgan fingerprint density at radius 2 is 1.35 bits per heavy atom. The largest absolute Gasteiger partial charge is 0.462 e. The molecule has 0 amide bonds. The smallest absolute Gasteiger partial charge is 0.303 e. The Hall–Kier alpha value is -2.71. The normalized spacial score (nSPS) is 41.6. The summed E-state index contributed by atoms with van der Waals surface area (Å²) >= 11 is 0. The van der Waals surface area contributed by atoms with Gasteiger partial charge in [-0.25, -0.2) is 0 Å². The monoisotopic (exact) mass is 518 g/mol. The van der Waals surface area contributed by atoms with Gasteiger partial charge in [0.25, 0.3) is 0 Å². The maximum Gasteiger partial charge on any atom is 0.303 e. The van der Waals surface area contributed by atoms with Crippen LogP contribution in [0.3, 0.4) is 0 Å². The van der Waals surface area contributed by atoms with E-state index in [-0.39, 0.29) is 30.5 Å². The van der Waals surface area contributed by atoms with E-state index in [0.29, 0.717) is 12.8 Å². The molecule has 1 spiro atoms. The van der Waals surface area contributed by atoms with Gasteiger partial charge in [-0.2, -0.15) is 0 Å². The van der Waals surface area contributed by atoms with Crippen LogP contribution in [0.25, 0.3) is 0 Å². The van der Waals surface area contributed by atoms with Crippen molar-refractivity contribution in [3.63, 3.8) is 0 Å². The van der Waals surface area contributed by atoms with E-state index in [0.717, 1.165) is 5.57 Å². The fourth-order valence-electron chi connectivity index (χ4n) is 9.03. The van der Waals surface area contributed by atoms with E-state index in [1.807, 2.05) is 20.8 Å². The molecular weight excluding hydrogens is 480 g/mol. The van der Waals surface area contributed by atoms with Crippen molar-refractivity contribution in [2.45, 2.75) is 98.6 Å². The highest BCUT2D eigenvalue weighted by atomic mass is 16.6. The summed E-state index contributed by atoms with van der Waals surface area (Å²) in [5.74, 6) is -3.02. The number of fused-ring (bicyclic) bond motifs is 3. The Labute approximate surface area is 217 Å². The molecule has 0 aromatic heterocycles. The minimum absolute atomic E-state index is 0.0312. The summed E-state index contributed by atoms with van der Waals surface area (Å²) in [4.78, 5) is 62.9. The van der Waals surface area contributed by atoms with Crippen molar-refractivity contribution in [2.24, 2.45) is 34.0 Å². The Balaban J connectivity index is 1.91. The summed E-state index contributed by atoms with van der Waals surface area (Å²) in [5, 5.41) is 0. The topological polar surface area (TPSA) is 122 Å². The number of ketones is 1. The van der Waals surface area contributed by atoms with Gasteiger partial charge in [-0.05, 0) is 36.2 Å². The van der Waals surface area contributed by atoms with E-state index in [4.69, 9.17) is 18.9 Å². The lowest BCUT2D eigenvalue weighted by molar-refractivity contribution is -0.249. The molecule has 0 heterocycles. The van der Waals surface area contributed by atoms with Gasteiger partial charge in [0.1, 0.15) is 30.2 Å². The first-order valence-electron chi connectivity index (χ1n) is 12.9. The molecule has 9 nitrogen and oxygen atoms in total. The number of hydrogen-bond acceptors (Lipinski definition) is 9. The third kappa shape index (κ3) is 4.18. The average Bonchev–Trinajstić information content (AvgIpc) is 2.89. The van der Waals surface area contributed by atoms with Gasteiger partial charge in [-0.1, -0.05) is 27.4 Å². The highest BCUT2D eigenvalue weighted by molar-refractivity contribution is 5.86. The zero-order valence-electron chi connectivity index (χ0n) is 22.8. The van der Waals surface area contributed by atoms with Crippen LogP contribution < -0.4 is 0 Å². The predicted octanol–water partition coefficient (Wildman–Crippen LogP) is 3.32. The molecule has 4 aliphatic rings. The number of carbonyl (C=O) groups is 5. The second-order valence-electron chi connectivity index (χ2n) is 12.3. The number of rotatable bonds is 4. The lowest BCUT2D eigenvalue weighted by Crippen LogP contribution is -2.70. The third-order valence-electron chi connectivity index (χ3n) is 9.38. The summed E-state index contributed by atoms with van der Waals surface area (Å²) in [6.07, 6.45) is -1.45. The molecule has 0 saturated heterocycles. The minimum Gasteiger partial charge on any atom is -0.462 e. The first-order chi connectivity index (χ1) is 17.0. The third-order valence-corrected chi connectivity index (χ3v) is 9.38. The van der Waals surface area contributed by atoms with Gasteiger partial charge in [0.2, 0.25) is 0 Å². The highest BCUT2D eigenvalue weighted by Gasteiger charge is 2.75. The molecule has 0 aliphatic heterocycles. The molecule has 4 saturated carbocycles. The summed E-state index contributed by atoms with van der Waals surface area (Å²) < 4.78 is 23.2. The van der Waals surface area contributed by atoms with Gasteiger partial charge in [0.05, 0.1) is 0 Å². The van der Waals surface area contributed by atoms with Crippen molar-refractivity contribution >= 4 is 29.7 Å². The predicted molar refractivity (Wildman–Crippen MR) is 130 cm³/mol. The molecule has 4 fully saturated rings. The number of carbonyl (C=O) groups excluding carboxylic acids is 5. The SMILES string of the molecule is C=C1[C@@H]2C[C@H](OC(C)=O)[C@H]3[C@]4(C)C[C@H](OC(C)=O)[C@H](OC(C)=O)C(C)(C)[C@H]4C(=O)C[C@]3(C2)[C@H]1OC(C)=O. The molecule has 204 valence electrons. The summed E-state index contributed by atoms with van der Waals surface area (Å²) in [7, 11) is 0. The van der Waals surface area contributed by atoms with E-state index in [9.17, 15) is 24.0 Å². The molecule has 4 aliphatic carbocycles. The average molecular weight is 519 g/mol. The van der Waals surface area contributed by atoms with Crippen LogP contribution in [0, 0.1) is 34.0 Å². The second kappa shape index (κ2) is 8.95. The Bertz CT molecular complexity index is 1060. The fourth-order valence-corrected chi connectivity index (χ4v) is 9.03. The molecule has 0 aromatic rings. The highest BCUT2D eigenvalue weighted by Crippen LogP contribution is 2.72. The molecule has 9 heteroatoms. The summed E-state index contributed by atoms with van der Waals surface area (Å²) in [6.45, 7) is 15.2. The zero-order valence-corrected chi connectivity index (χ0v) is 22.8. The fraction of sp³-hybridized carbons (Fsp3) is 0.750. The van der Waals surface area contributed by atoms with Crippen LogP contribution in [-0.4, -0.2) is 54.1 Å². The first kappa shape index (κ1) is 27.3. The van der Waals surface area contributed by atoms with Crippen LogP contribution in [0.4, 0.5) is 0 Å². The van der Waals surface area contributed by atoms with Crippen molar-refractivity contribution in [2.75, 3.05) is 0 Å². The van der Waals surface area contributed by atoms with Crippen LogP contribution in [0.5, 0.6) is 0 Å². The van der Waals surface area contributed by atoms with Gasteiger partial charge >= 0.3 is 23.9 Å². The van der Waals surface area contributed by atoms with Gasteiger partial charge < -0.3 is 18.9 Å². The number of hydrogen-bond donors (Lipinski definition) is 0. The van der Waals surface area contributed by atoms with E-state index in [1.54, 1.807) is 0 Å². The van der Waals surface area contributed by atoms with Gasteiger partial charge in [0.15, 0.2) is 0 Å². The molecule has 0 unspecified atom stereocenters. The number of Topliss-reactive ketones (excluding diaryl/α,β-unsaturated/α-hetero) is 1. The molecule has 4 rings (SSSR count). The molecule has 37 heavy (non-hydrogen) atoms. The Morgan fingerprint density at radius 1 is 0.811 bits per heavy atom. The lowest BCUT2D eigenvalue weighted by atomic mass is 9.39. The van der Waals surface area contributed by atoms with E-state index >= 15 is 0 Å². The van der Waals surface area contributed by atoms with Crippen molar-refractivity contribution < 1.29 is 42.9 Å². The maximum atomic E-state index is 14.2. The van der Waals surface area contributed by atoms with Gasteiger partial charge in [0, 0.05) is 56.8 Å². The Kier molecular flexibility index (Phi) is 6.61. The molecule has 2 bridgehead atoms. The van der Waals surface area contributed by atoms with Crippen molar-refractivity contribution in [3.05, 3.63) is 12.2 Å². The van der Waals surface area contributed by atoms with Crippen LogP contribution >= 0.6 is 0 Å². The first-order valence-corrected chi connectivity index (χ1v) is 12.9.